The van der Waals surface area contributed by atoms with E-state index in [4.69, 9.17) is 9.47 Å². The molecule has 0 radical (unpaired) electrons. The van der Waals surface area contributed by atoms with Crippen LogP contribution in [-0.2, 0) is 14.3 Å². The topological polar surface area (TPSA) is 35.5 Å². The predicted octanol–water partition coefficient (Wildman–Crippen LogP) is 1.36. The Balaban J connectivity index is 3.59. The summed E-state index contributed by atoms with van der Waals surface area (Å²) < 4.78 is 10.3. The van der Waals surface area contributed by atoms with Crippen LogP contribution in [0.5, 0.6) is 0 Å². The lowest BCUT2D eigenvalue weighted by Crippen LogP contribution is -2.20. The second-order valence-corrected chi connectivity index (χ2v) is 2.25. The fourth-order valence-corrected chi connectivity index (χ4v) is 0.772. The number of rotatable bonds is 6. The van der Waals surface area contributed by atoms with E-state index >= 15 is 0 Å². The standard InChI is InChI=1S/C8H16O3/c1-4-10-8(11-5-2)6-7(3)9/h8H,4-6H2,1-3H3/i4+1,5+1. The SMILES string of the molecule is C[13CH2]OC(CC(C)=O)O[13CH2]C. The number of hydrogen-bond donors (Lipinski definition) is 0. The molecule has 0 bridgehead atoms. The minimum atomic E-state index is -0.345. The van der Waals surface area contributed by atoms with Crippen LogP contribution in [0.25, 0.3) is 0 Å². The minimum absolute atomic E-state index is 0.0944. The first-order valence-corrected chi connectivity index (χ1v) is 3.93. The Hall–Kier alpha value is -0.410. The van der Waals surface area contributed by atoms with E-state index in [1.165, 1.54) is 6.92 Å². The molecule has 0 N–H and O–H groups in total. The zero-order valence-electron chi connectivity index (χ0n) is 7.42. The molecule has 0 saturated heterocycles. The Morgan fingerprint density at radius 3 is 2.00 bits per heavy atom. The van der Waals surface area contributed by atoms with Crippen molar-refractivity contribution in [2.45, 2.75) is 33.5 Å². The highest BCUT2D eigenvalue weighted by molar-refractivity contribution is 5.75. The molecule has 0 aliphatic heterocycles. The molecule has 0 aromatic carbocycles. The van der Waals surface area contributed by atoms with Gasteiger partial charge in [-0.3, -0.25) is 4.79 Å². The maximum absolute atomic E-state index is 10.6. The maximum Gasteiger partial charge on any atom is 0.164 e. The summed E-state index contributed by atoms with van der Waals surface area (Å²) in [5.74, 6) is 0.0944. The molecule has 0 fully saturated rings. The number of Topliss-reactive ketones (excluding diaryl/α,β-unsaturated/α-hetero) is 1. The van der Waals surface area contributed by atoms with E-state index in [2.05, 4.69) is 0 Å². The van der Waals surface area contributed by atoms with E-state index in [0.717, 1.165) is 0 Å². The highest BCUT2D eigenvalue weighted by Gasteiger charge is 2.09. The monoisotopic (exact) mass is 162 g/mol. The van der Waals surface area contributed by atoms with E-state index in [-0.39, 0.29) is 12.1 Å². The van der Waals surface area contributed by atoms with Gasteiger partial charge in [-0.1, -0.05) is 0 Å². The molecule has 0 amide bonds. The number of hydrogen-bond acceptors (Lipinski definition) is 3. The Bertz CT molecular complexity index is 106. The molecule has 0 aliphatic rings. The molecule has 0 spiro atoms. The van der Waals surface area contributed by atoms with E-state index in [0.29, 0.717) is 19.6 Å². The third-order valence-electron chi connectivity index (χ3n) is 1.16. The van der Waals surface area contributed by atoms with Gasteiger partial charge in [0.1, 0.15) is 5.78 Å². The summed E-state index contributed by atoms with van der Waals surface area (Å²) in [5, 5.41) is 0. The van der Waals surface area contributed by atoms with Crippen molar-refractivity contribution in [3.63, 3.8) is 0 Å². The number of carbonyl (C=O) groups excluding carboxylic acids is 1. The van der Waals surface area contributed by atoms with Crippen LogP contribution >= 0.6 is 0 Å². The van der Waals surface area contributed by atoms with Crippen LogP contribution in [0.2, 0.25) is 0 Å². The number of ether oxygens (including phenoxy) is 2. The van der Waals surface area contributed by atoms with Crippen LogP contribution in [0, 0.1) is 0 Å². The van der Waals surface area contributed by atoms with Gasteiger partial charge in [0, 0.05) is 13.2 Å². The first-order valence-electron chi connectivity index (χ1n) is 3.93. The van der Waals surface area contributed by atoms with Gasteiger partial charge in [-0.2, -0.15) is 0 Å². The van der Waals surface area contributed by atoms with Crippen LogP contribution in [0.3, 0.4) is 0 Å². The molecule has 66 valence electrons. The van der Waals surface area contributed by atoms with Gasteiger partial charge < -0.3 is 9.47 Å². The first kappa shape index (κ1) is 10.6. The van der Waals surface area contributed by atoms with Gasteiger partial charge in [-0.25, -0.2) is 0 Å². The van der Waals surface area contributed by atoms with Crippen molar-refractivity contribution in [3.8, 4) is 0 Å². The smallest absolute Gasteiger partial charge is 0.164 e. The summed E-state index contributed by atoms with van der Waals surface area (Å²) in [5.41, 5.74) is 0. The zero-order valence-corrected chi connectivity index (χ0v) is 7.42. The quantitative estimate of drug-likeness (QED) is 0.437. The van der Waals surface area contributed by atoms with Gasteiger partial charge in [-0.15, -0.1) is 0 Å². The fraction of sp³-hybridized carbons (Fsp3) is 0.875. The van der Waals surface area contributed by atoms with Gasteiger partial charge in [0.05, 0.1) is 6.42 Å². The van der Waals surface area contributed by atoms with Crippen LogP contribution in [0.4, 0.5) is 0 Å². The summed E-state index contributed by atoms with van der Waals surface area (Å²) >= 11 is 0. The average Bonchev–Trinajstić information content (AvgIpc) is 1.87. The van der Waals surface area contributed by atoms with Crippen molar-refractivity contribution in [2.24, 2.45) is 0 Å². The summed E-state index contributed by atoms with van der Waals surface area (Å²) in [4.78, 5) is 10.6. The minimum Gasteiger partial charge on any atom is -0.352 e. The maximum atomic E-state index is 10.6. The van der Waals surface area contributed by atoms with Crippen molar-refractivity contribution in [3.05, 3.63) is 0 Å². The molecule has 0 rings (SSSR count). The van der Waals surface area contributed by atoms with Crippen LogP contribution < -0.4 is 0 Å². The molecule has 3 nitrogen and oxygen atoms in total. The van der Waals surface area contributed by atoms with Crippen LogP contribution in [0.15, 0.2) is 0 Å². The number of carbonyl (C=O) groups is 1. The molecule has 11 heavy (non-hydrogen) atoms. The largest absolute Gasteiger partial charge is 0.352 e. The fourth-order valence-electron chi connectivity index (χ4n) is 0.772. The summed E-state index contributed by atoms with van der Waals surface area (Å²) in [6.07, 6.45) is 0.00398. The lowest BCUT2D eigenvalue weighted by atomic mass is 10.3. The molecule has 3 heteroatoms. The van der Waals surface area contributed by atoms with E-state index in [9.17, 15) is 4.79 Å². The zero-order chi connectivity index (χ0) is 8.69. The second-order valence-electron chi connectivity index (χ2n) is 2.25. The lowest BCUT2D eigenvalue weighted by molar-refractivity contribution is -0.150. The van der Waals surface area contributed by atoms with Gasteiger partial charge >= 0.3 is 0 Å². The highest BCUT2D eigenvalue weighted by atomic mass is 16.7. The van der Waals surface area contributed by atoms with Gasteiger partial charge in [0.2, 0.25) is 0 Å². The van der Waals surface area contributed by atoms with Gasteiger partial charge in [0.15, 0.2) is 6.29 Å². The molecule has 0 aliphatic carbocycles. The molecule has 0 saturated carbocycles. The van der Waals surface area contributed by atoms with Crippen molar-refractivity contribution in [1.82, 2.24) is 0 Å². The molecule has 0 heterocycles. The van der Waals surface area contributed by atoms with Gasteiger partial charge in [-0.05, 0) is 20.8 Å². The Kier molecular flexibility index (Phi) is 6.07. The normalized spacial score (nSPS) is 10.5. The predicted molar refractivity (Wildman–Crippen MR) is 42.3 cm³/mol. The van der Waals surface area contributed by atoms with E-state index in [1.807, 2.05) is 13.8 Å². The van der Waals surface area contributed by atoms with Crippen LogP contribution in [0.1, 0.15) is 27.2 Å². The van der Waals surface area contributed by atoms with Crippen molar-refractivity contribution < 1.29 is 14.3 Å². The van der Waals surface area contributed by atoms with Crippen molar-refractivity contribution in [1.29, 1.82) is 0 Å². The number of ketones is 1. The first-order chi connectivity index (χ1) is 5.20. The summed E-state index contributed by atoms with van der Waals surface area (Å²) in [7, 11) is 0. The summed E-state index contributed by atoms with van der Waals surface area (Å²) in [6, 6.07) is 0. The van der Waals surface area contributed by atoms with E-state index in [1.54, 1.807) is 0 Å². The molecular weight excluding hydrogens is 146 g/mol. The van der Waals surface area contributed by atoms with Crippen LogP contribution in [-0.4, -0.2) is 25.3 Å². The molecule has 0 atom stereocenters. The molecular formula is C8H16O3. The Labute approximate surface area is 67.7 Å². The second kappa shape index (κ2) is 6.31. The lowest BCUT2D eigenvalue weighted by Gasteiger charge is -2.14. The Morgan fingerprint density at radius 2 is 1.73 bits per heavy atom. The van der Waals surface area contributed by atoms with Crippen molar-refractivity contribution >= 4 is 5.78 Å². The average molecular weight is 162 g/mol. The summed E-state index contributed by atoms with van der Waals surface area (Å²) in [6.45, 7) is 6.46. The van der Waals surface area contributed by atoms with Crippen molar-refractivity contribution in [2.75, 3.05) is 13.2 Å². The molecule has 0 aromatic rings. The third kappa shape index (κ3) is 6.01. The molecule has 0 unspecified atom stereocenters. The van der Waals surface area contributed by atoms with Gasteiger partial charge in [0.25, 0.3) is 0 Å². The molecule has 0 aromatic heterocycles. The Morgan fingerprint density at radius 1 is 1.27 bits per heavy atom. The highest BCUT2D eigenvalue weighted by Crippen LogP contribution is 2.00. The third-order valence-corrected chi connectivity index (χ3v) is 1.16. The van der Waals surface area contributed by atoms with E-state index < -0.39 is 0 Å².